The number of benzene rings is 1. The number of fused-ring (bicyclic) bond motifs is 1. The van der Waals surface area contributed by atoms with Gasteiger partial charge in [0, 0.05) is 41.2 Å². The summed E-state index contributed by atoms with van der Waals surface area (Å²) in [4.78, 5) is 17.3. The van der Waals surface area contributed by atoms with Crippen molar-refractivity contribution in [3.05, 3.63) is 95.2 Å². The standard InChI is InChI=1S/C26H23N5O2/c1-15-23(16(2)33-31-15)18-12-20(24-21(13-18)29-25(30-24)17-8-9-17)26(32,19-6-5-10-27-14-19)22-7-3-4-11-28-22/h3-7,10-14,17,32H,8-9H2,1-2H3,(H,29,30). The number of hydrogen-bond acceptors (Lipinski definition) is 6. The molecular weight excluding hydrogens is 414 g/mol. The number of nitrogens with zero attached hydrogens (tertiary/aromatic N) is 4. The molecule has 1 saturated carbocycles. The number of rotatable bonds is 5. The van der Waals surface area contributed by atoms with E-state index < -0.39 is 5.60 Å². The van der Waals surface area contributed by atoms with Crippen molar-refractivity contribution in [3.8, 4) is 11.1 Å². The van der Waals surface area contributed by atoms with E-state index >= 15 is 0 Å². The first kappa shape index (κ1) is 19.8. The Hall–Kier alpha value is -3.84. The van der Waals surface area contributed by atoms with Gasteiger partial charge in [-0.15, -0.1) is 0 Å². The lowest BCUT2D eigenvalue weighted by Gasteiger charge is -2.29. The van der Waals surface area contributed by atoms with Crippen LogP contribution >= 0.6 is 0 Å². The maximum absolute atomic E-state index is 12.5. The largest absolute Gasteiger partial charge is 0.374 e. The molecule has 33 heavy (non-hydrogen) atoms. The van der Waals surface area contributed by atoms with Crippen LogP contribution in [0.25, 0.3) is 22.2 Å². The Morgan fingerprint density at radius 3 is 2.64 bits per heavy atom. The second kappa shape index (κ2) is 7.35. The first-order chi connectivity index (χ1) is 16.1. The van der Waals surface area contributed by atoms with Gasteiger partial charge in [0.2, 0.25) is 0 Å². The van der Waals surface area contributed by atoms with Crippen molar-refractivity contribution in [1.82, 2.24) is 25.1 Å². The quantitative estimate of drug-likeness (QED) is 0.410. The molecule has 0 bridgehead atoms. The summed E-state index contributed by atoms with van der Waals surface area (Å²) in [5.41, 5.74) is 4.41. The number of aromatic amines is 1. The molecule has 0 radical (unpaired) electrons. The number of pyridine rings is 2. The second-order valence-electron chi connectivity index (χ2n) is 8.68. The summed E-state index contributed by atoms with van der Waals surface area (Å²) in [6.07, 6.45) is 7.31. The predicted molar refractivity (Wildman–Crippen MR) is 124 cm³/mol. The summed E-state index contributed by atoms with van der Waals surface area (Å²) in [7, 11) is 0. The second-order valence-corrected chi connectivity index (χ2v) is 8.68. The summed E-state index contributed by atoms with van der Waals surface area (Å²) in [5.74, 6) is 2.12. The van der Waals surface area contributed by atoms with Gasteiger partial charge < -0.3 is 14.6 Å². The Balaban J connectivity index is 1.70. The third-order valence-electron chi connectivity index (χ3n) is 6.40. The minimum Gasteiger partial charge on any atom is -0.374 e. The maximum atomic E-state index is 12.5. The molecule has 4 aromatic heterocycles. The monoisotopic (exact) mass is 437 g/mol. The van der Waals surface area contributed by atoms with Crippen molar-refractivity contribution in [2.75, 3.05) is 0 Å². The zero-order chi connectivity index (χ0) is 22.6. The van der Waals surface area contributed by atoms with Crippen molar-refractivity contribution in [2.24, 2.45) is 0 Å². The zero-order valence-corrected chi connectivity index (χ0v) is 18.4. The fraction of sp³-hybridized carbons (Fsp3) is 0.231. The molecular formula is C26H23N5O2. The Kier molecular flexibility index (Phi) is 4.41. The fourth-order valence-corrected chi connectivity index (χ4v) is 4.60. The van der Waals surface area contributed by atoms with Crippen molar-refractivity contribution >= 4 is 11.0 Å². The number of aryl methyl sites for hydroxylation is 2. The van der Waals surface area contributed by atoms with Gasteiger partial charge in [-0.2, -0.15) is 0 Å². The van der Waals surface area contributed by atoms with E-state index in [1.807, 2.05) is 50.2 Å². The van der Waals surface area contributed by atoms with Gasteiger partial charge in [0.05, 0.1) is 22.4 Å². The van der Waals surface area contributed by atoms with Crippen LogP contribution in [-0.4, -0.2) is 30.2 Å². The number of imidazole rings is 1. The lowest BCUT2D eigenvalue weighted by Crippen LogP contribution is -2.30. The highest BCUT2D eigenvalue weighted by atomic mass is 16.5. The molecule has 1 fully saturated rings. The number of H-pyrrole nitrogens is 1. The number of hydrogen-bond donors (Lipinski definition) is 2. The number of nitrogens with one attached hydrogen (secondary N) is 1. The zero-order valence-electron chi connectivity index (χ0n) is 18.4. The van der Waals surface area contributed by atoms with E-state index in [-0.39, 0.29) is 0 Å². The van der Waals surface area contributed by atoms with Gasteiger partial charge in [0.15, 0.2) is 5.60 Å². The fourth-order valence-electron chi connectivity index (χ4n) is 4.60. The smallest absolute Gasteiger partial charge is 0.160 e. The highest BCUT2D eigenvalue weighted by Gasteiger charge is 2.39. The summed E-state index contributed by atoms with van der Waals surface area (Å²) in [6.45, 7) is 3.82. The van der Waals surface area contributed by atoms with Crippen molar-refractivity contribution in [2.45, 2.75) is 38.2 Å². The van der Waals surface area contributed by atoms with Crippen molar-refractivity contribution in [1.29, 1.82) is 0 Å². The molecule has 1 atom stereocenters. The van der Waals surface area contributed by atoms with Gasteiger partial charge in [0.1, 0.15) is 11.6 Å². The Bertz CT molecular complexity index is 1390. The van der Waals surface area contributed by atoms with Crippen LogP contribution in [0.1, 0.15) is 52.9 Å². The molecule has 2 N–H and O–H groups in total. The molecule has 4 heterocycles. The van der Waals surface area contributed by atoms with Crippen molar-refractivity contribution in [3.63, 3.8) is 0 Å². The molecule has 0 saturated heterocycles. The van der Waals surface area contributed by atoms with Gasteiger partial charge >= 0.3 is 0 Å². The molecule has 1 unspecified atom stereocenters. The normalized spacial score (nSPS) is 15.6. The van der Waals surface area contributed by atoms with Gasteiger partial charge in [-0.25, -0.2) is 4.98 Å². The third kappa shape index (κ3) is 3.15. The Labute approximate surface area is 190 Å². The van der Waals surface area contributed by atoms with Crippen LogP contribution in [0, 0.1) is 13.8 Å². The molecule has 0 spiro atoms. The van der Waals surface area contributed by atoms with Crippen LogP contribution < -0.4 is 0 Å². The number of aliphatic hydroxyl groups is 1. The van der Waals surface area contributed by atoms with Gasteiger partial charge in [-0.05, 0) is 62.6 Å². The predicted octanol–water partition coefficient (Wildman–Crippen LogP) is 4.79. The van der Waals surface area contributed by atoms with E-state index in [2.05, 4.69) is 26.2 Å². The summed E-state index contributed by atoms with van der Waals surface area (Å²) in [5, 5.41) is 16.6. The molecule has 1 aliphatic carbocycles. The van der Waals surface area contributed by atoms with E-state index in [1.165, 1.54) is 0 Å². The molecule has 0 amide bonds. The van der Waals surface area contributed by atoms with Crippen LogP contribution in [-0.2, 0) is 5.60 Å². The van der Waals surface area contributed by atoms with E-state index in [0.717, 1.165) is 52.3 Å². The van der Waals surface area contributed by atoms with Crippen LogP contribution in [0.5, 0.6) is 0 Å². The lowest BCUT2D eigenvalue weighted by molar-refractivity contribution is 0.122. The average Bonchev–Trinajstić information content (AvgIpc) is 3.53. The highest BCUT2D eigenvalue weighted by molar-refractivity contribution is 5.88. The molecule has 6 rings (SSSR count). The molecule has 5 aromatic rings. The van der Waals surface area contributed by atoms with Crippen LogP contribution in [0.4, 0.5) is 0 Å². The highest BCUT2D eigenvalue weighted by Crippen LogP contribution is 2.44. The minimum atomic E-state index is -1.56. The lowest BCUT2D eigenvalue weighted by atomic mass is 9.82. The summed E-state index contributed by atoms with van der Waals surface area (Å²) >= 11 is 0. The number of aromatic nitrogens is 5. The molecule has 7 heteroatoms. The third-order valence-corrected chi connectivity index (χ3v) is 6.40. The van der Waals surface area contributed by atoms with E-state index in [1.54, 1.807) is 18.6 Å². The van der Waals surface area contributed by atoms with E-state index in [9.17, 15) is 5.11 Å². The van der Waals surface area contributed by atoms with E-state index in [0.29, 0.717) is 22.7 Å². The van der Waals surface area contributed by atoms with Crippen LogP contribution in [0.3, 0.4) is 0 Å². The van der Waals surface area contributed by atoms with Crippen LogP contribution in [0.2, 0.25) is 0 Å². The topological polar surface area (TPSA) is 101 Å². The summed E-state index contributed by atoms with van der Waals surface area (Å²) < 4.78 is 5.45. The molecule has 1 aliphatic rings. The maximum Gasteiger partial charge on any atom is 0.160 e. The molecule has 1 aromatic carbocycles. The average molecular weight is 438 g/mol. The van der Waals surface area contributed by atoms with Gasteiger partial charge in [0.25, 0.3) is 0 Å². The van der Waals surface area contributed by atoms with E-state index in [4.69, 9.17) is 9.51 Å². The SMILES string of the molecule is Cc1noc(C)c1-c1cc(C(O)(c2cccnc2)c2ccccn2)c2nc(C3CC3)[nH]c2c1. The van der Waals surface area contributed by atoms with Gasteiger partial charge in [-0.3, -0.25) is 9.97 Å². The molecule has 7 nitrogen and oxygen atoms in total. The molecule has 0 aliphatic heterocycles. The molecule has 164 valence electrons. The Morgan fingerprint density at radius 2 is 1.97 bits per heavy atom. The minimum absolute atomic E-state index is 0.439. The van der Waals surface area contributed by atoms with Crippen molar-refractivity contribution < 1.29 is 9.63 Å². The van der Waals surface area contributed by atoms with Gasteiger partial charge in [-0.1, -0.05) is 17.3 Å². The first-order valence-corrected chi connectivity index (χ1v) is 11.1. The first-order valence-electron chi connectivity index (χ1n) is 11.1. The Morgan fingerprint density at radius 1 is 1.09 bits per heavy atom. The van der Waals surface area contributed by atoms with Crippen LogP contribution in [0.15, 0.2) is 65.6 Å². The summed E-state index contributed by atoms with van der Waals surface area (Å²) in [6, 6.07) is 13.3.